The molecule has 0 radical (unpaired) electrons. The molecule has 60 valence electrons. The van der Waals surface area contributed by atoms with E-state index in [0.29, 0.717) is 0 Å². The highest BCUT2D eigenvalue weighted by molar-refractivity contribution is 14.2. The first-order valence-electron chi connectivity index (χ1n) is 3.84. The molecular formula is C9H10ClI. The van der Waals surface area contributed by atoms with Crippen LogP contribution in [0.25, 0.3) is 0 Å². The van der Waals surface area contributed by atoms with Crippen molar-refractivity contribution in [2.24, 2.45) is 5.92 Å². The van der Waals surface area contributed by atoms with E-state index in [4.69, 9.17) is 11.6 Å². The zero-order chi connectivity index (χ0) is 7.68. The molecule has 0 saturated heterocycles. The van der Waals surface area contributed by atoms with E-state index in [9.17, 15) is 0 Å². The highest BCUT2D eigenvalue weighted by Crippen LogP contribution is 2.42. The molecule has 0 aromatic heterocycles. The van der Waals surface area contributed by atoms with E-state index < -0.39 is 0 Å². The smallest absolute Gasteiger partial charge is 0.0531 e. The second-order valence-corrected chi connectivity index (χ2v) is 5.77. The van der Waals surface area contributed by atoms with Gasteiger partial charge in [-0.15, -0.1) is 11.6 Å². The predicted molar refractivity (Wildman–Crippen MR) is 59.7 cm³/mol. The van der Waals surface area contributed by atoms with E-state index in [2.05, 4.69) is 16.2 Å². The third-order valence-electron chi connectivity index (χ3n) is 1.99. The van der Waals surface area contributed by atoms with Crippen molar-refractivity contribution in [3.8, 4) is 0 Å². The van der Waals surface area contributed by atoms with Crippen LogP contribution in [-0.4, -0.2) is 9.89 Å². The van der Waals surface area contributed by atoms with E-state index in [-0.39, 0.29) is 20.7 Å². The fourth-order valence-electron chi connectivity index (χ4n) is 1.26. The number of hydrogen-bond acceptors (Lipinski definition) is 0. The molecule has 11 heavy (non-hydrogen) atoms. The zero-order valence-electron chi connectivity index (χ0n) is 6.19. The summed E-state index contributed by atoms with van der Waals surface area (Å²) in [6.07, 6.45) is 7.25. The molecule has 0 amide bonds. The quantitative estimate of drug-likeness (QED) is 0.538. The van der Waals surface area contributed by atoms with E-state index in [1.54, 1.807) is 9.15 Å². The van der Waals surface area contributed by atoms with Crippen LogP contribution in [0.1, 0.15) is 12.8 Å². The van der Waals surface area contributed by atoms with Gasteiger partial charge in [-0.2, -0.15) is 0 Å². The summed E-state index contributed by atoms with van der Waals surface area (Å²) in [6.45, 7) is 0. The third kappa shape index (κ3) is 1.75. The van der Waals surface area contributed by atoms with Gasteiger partial charge in [-0.3, -0.25) is 0 Å². The van der Waals surface area contributed by atoms with E-state index in [1.165, 1.54) is 12.8 Å². The molecule has 0 N–H and O–H groups in total. The lowest BCUT2D eigenvalue weighted by Crippen LogP contribution is -1.90. The van der Waals surface area contributed by atoms with Crippen LogP contribution in [0.3, 0.4) is 0 Å². The molecular weight excluding hydrogens is 270 g/mol. The summed E-state index contributed by atoms with van der Waals surface area (Å²) >= 11 is 6.01. The van der Waals surface area contributed by atoms with Gasteiger partial charge in [-0.25, -0.2) is 0 Å². The maximum Gasteiger partial charge on any atom is 0.0531 e. The van der Waals surface area contributed by atoms with Gasteiger partial charge in [-0.05, 0) is 28.3 Å². The van der Waals surface area contributed by atoms with Gasteiger partial charge >= 0.3 is 0 Å². The van der Waals surface area contributed by atoms with Crippen LogP contribution >= 0.6 is 32.3 Å². The summed E-state index contributed by atoms with van der Waals surface area (Å²) in [5, 5.41) is 0. The fourth-order valence-corrected chi connectivity index (χ4v) is 3.81. The second kappa shape index (κ2) is 3.40. The van der Waals surface area contributed by atoms with Crippen molar-refractivity contribution >= 4 is 36.3 Å². The minimum Gasteiger partial charge on any atom is -0.121 e. The minimum atomic E-state index is 0.151. The van der Waals surface area contributed by atoms with Crippen LogP contribution in [0, 0.1) is 5.92 Å². The molecule has 0 aromatic carbocycles. The first kappa shape index (κ1) is 7.99. The van der Waals surface area contributed by atoms with Crippen molar-refractivity contribution in [1.29, 1.82) is 0 Å². The van der Waals surface area contributed by atoms with Gasteiger partial charge in [0.15, 0.2) is 0 Å². The Bertz CT molecular complexity index is 246. The molecule has 2 aliphatic rings. The molecule has 0 bridgehead atoms. The summed E-state index contributed by atoms with van der Waals surface area (Å²) in [7, 11) is 0. The summed E-state index contributed by atoms with van der Waals surface area (Å²) in [5.41, 5.74) is 1.58. The summed E-state index contributed by atoms with van der Waals surface area (Å²) in [4.78, 5) is 0. The van der Waals surface area contributed by atoms with Gasteiger partial charge in [0, 0.05) is 3.58 Å². The number of allylic oxidation sites excluding steroid dienone is 4. The molecule has 1 aliphatic heterocycles. The van der Waals surface area contributed by atoms with Crippen LogP contribution in [0.4, 0.5) is 0 Å². The monoisotopic (exact) mass is 280 g/mol. The van der Waals surface area contributed by atoms with Gasteiger partial charge in [0.1, 0.15) is 0 Å². The van der Waals surface area contributed by atoms with E-state index >= 15 is 0 Å². The Balaban J connectivity index is 2.28. The van der Waals surface area contributed by atoms with Gasteiger partial charge in [-0.1, -0.05) is 32.9 Å². The Morgan fingerprint density at radius 2 is 2.36 bits per heavy atom. The molecule has 0 spiro atoms. The van der Waals surface area contributed by atoms with Crippen LogP contribution in [0.5, 0.6) is 0 Å². The Morgan fingerprint density at radius 1 is 1.55 bits per heavy atom. The largest absolute Gasteiger partial charge is 0.121 e. The number of alkyl halides is 1. The Labute approximate surface area is 82.1 Å². The lowest BCUT2D eigenvalue weighted by atomic mass is 10.1. The molecule has 2 rings (SSSR count). The fraction of sp³-hybridized carbons (Fsp3) is 0.444. The molecule has 0 atom stereocenters. The standard InChI is InChI=1S/C9H10ClI/c10-6-9-8(7-3-4-7)2-1-5-11-9/h1-2,5,7H,3-4,6H2. The molecule has 1 fully saturated rings. The summed E-state index contributed by atoms with van der Waals surface area (Å²) < 4.78 is 3.85. The Morgan fingerprint density at radius 3 is 3.00 bits per heavy atom. The third-order valence-corrected chi connectivity index (χ3v) is 5.24. The molecule has 1 saturated carbocycles. The summed E-state index contributed by atoms with van der Waals surface area (Å²) in [6, 6.07) is 0. The first-order valence-corrected chi connectivity index (χ1v) is 6.70. The molecule has 0 aromatic rings. The Kier molecular flexibility index (Phi) is 2.47. The topological polar surface area (TPSA) is 0 Å². The van der Waals surface area contributed by atoms with Crippen molar-refractivity contribution in [3.05, 3.63) is 21.3 Å². The molecule has 2 heteroatoms. The summed E-state index contributed by atoms with van der Waals surface area (Å²) in [5.74, 6) is 1.65. The number of rotatable bonds is 2. The van der Waals surface area contributed by atoms with Crippen molar-refractivity contribution in [2.75, 3.05) is 5.88 Å². The average molecular weight is 281 g/mol. The zero-order valence-corrected chi connectivity index (χ0v) is 9.10. The molecule has 0 unspecified atom stereocenters. The van der Waals surface area contributed by atoms with Gasteiger partial charge in [0.2, 0.25) is 0 Å². The predicted octanol–water partition coefficient (Wildman–Crippen LogP) is 3.23. The normalized spacial score (nSPS) is 23.7. The van der Waals surface area contributed by atoms with Crippen molar-refractivity contribution in [1.82, 2.24) is 0 Å². The number of hydrogen-bond donors (Lipinski definition) is 0. The van der Waals surface area contributed by atoms with Crippen molar-refractivity contribution < 1.29 is 0 Å². The van der Waals surface area contributed by atoms with Crippen LogP contribution < -0.4 is 0 Å². The van der Waals surface area contributed by atoms with Gasteiger partial charge < -0.3 is 0 Å². The maximum absolute atomic E-state index is 5.86. The van der Waals surface area contributed by atoms with E-state index in [0.717, 1.165) is 11.8 Å². The average Bonchev–Trinajstić information content (AvgIpc) is 2.87. The maximum atomic E-state index is 5.86. The molecule has 1 heterocycles. The van der Waals surface area contributed by atoms with Gasteiger partial charge in [0.05, 0.1) is 5.88 Å². The highest BCUT2D eigenvalue weighted by atomic mass is 127. The highest BCUT2D eigenvalue weighted by Gasteiger charge is 2.26. The first-order chi connectivity index (χ1) is 5.42. The van der Waals surface area contributed by atoms with Crippen molar-refractivity contribution in [2.45, 2.75) is 12.8 Å². The van der Waals surface area contributed by atoms with Crippen LogP contribution in [0.2, 0.25) is 0 Å². The lowest BCUT2D eigenvalue weighted by molar-refractivity contribution is 1.04. The Hall–Kier alpha value is 0.370. The molecule has 0 nitrogen and oxygen atoms in total. The number of halogens is 2. The van der Waals surface area contributed by atoms with Gasteiger partial charge in [0.25, 0.3) is 0 Å². The van der Waals surface area contributed by atoms with Crippen LogP contribution in [-0.2, 0) is 0 Å². The minimum absolute atomic E-state index is 0.151. The van der Waals surface area contributed by atoms with Crippen LogP contribution in [0.15, 0.2) is 21.3 Å². The second-order valence-electron chi connectivity index (χ2n) is 2.86. The molecule has 1 aliphatic carbocycles. The SMILES string of the molecule is ClCC1=C(C2CC2)C=CC=I1. The van der Waals surface area contributed by atoms with Crippen molar-refractivity contribution in [3.63, 3.8) is 0 Å². The van der Waals surface area contributed by atoms with E-state index in [1.807, 2.05) is 0 Å². The lowest BCUT2D eigenvalue weighted by Gasteiger charge is -2.06.